The molecule has 3 heteroatoms. The van der Waals surface area contributed by atoms with Crippen molar-refractivity contribution in [2.45, 2.75) is 38.6 Å². The Morgan fingerprint density at radius 2 is 2.14 bits per heavy atom. The molecule has 1 nitrogen and oxygen atoms in total. The maximum atomic E-state index is 13.7. The summed E-state index contributed by atoms with van der Waals surface area (Å²) in [7, 11) is 0. The molecular weight excluding hydrogens is 245 g/mol. The number of hydrogen-bond donors (Lipinski definition) is 1. The van der Waals surface area contributed by atoms with E-state index in [-0.39, 0.29) is 17.8 Å². The van der Waals surface area contributed by atoms with Gasteiger partial charge in [0.2, 0.25) is 0 Å². The van der Waals surface area contributed by atoms with Crippen molar-refractivity contribution in [2.24, 2.45) is 23.5 Å². The van der Waals surface area contributed by atoms with Gasteiger partial charge in [-0.1, -0.05) is 22.9 Å². The second-order valence-electron chi connectivity index (χ2n) is 4.56. The van der Waals surface area contributed by atoms with Gasteiger partial charge >= 0.3 is 0 Å². The van der Waals surface area contributed by atoms with Gasteiger partial charge in [0.15, 0.2) is 0 Å². The summed E-state index contributed by atoms with van der Waals surface area (Å²) < 4.78 is 14.3. The van der Waals surface area contributed by atoms with Crippen molar-refractivity contribution >= 4 is 15.9 Å². The van der Waals surface area contributed by atoms with Gasteiger partial charge in [0.1, 0.15) is 5.83 Å². The maximum Gasteiger partial charge on any atom is 0.115 e. The Bertz CT molecular complexity index is 260. The van der Waals surface area contributed by atoms with E-state index >= 15 is 0 Å². The molecule has 2 N–H and O–H groups in total. The Kier molecular flexibility index (Phi) is 2.98. The first-order valence-electron chi connectivity index (χ1n) is 5.45. The molecule has 0 aromatic rings. The molecule has 14 heavy (non-hydrogen) atoms. The van der Waals surface area contributed by atoms with Crippen LogP contribution in [0, 0.1) is 17.8 Å². The van der Waals surface area contributed by atoms with Gasteiger partial charge in [-0.25, -0.2) is 4.39 Å². The number of allylic oxidation sites excluding steroid dienone is 1. The van der Waals surface area contributed by atoms with Crippen molar-refractivity contribution in [3.05, 3.63) is 10.3 Å². The predicted octanol–water partition coefficient (Wildman–Crippen LogP) is 3.35. The highest BCUT2D eigenvalue weighted by molar-refractivity contribution is 9.11. The highest BCUT2D eigenvalue weighted by atomic mass is 79.9. The van der Waals surface area contributed by atoms with E-state index < -0.39 is 0 Å². The van der Waals surface area contributed by atoms with Crippen LogP contribution in [0.25, 0.3) is 0 Å². The monoisotopic (exact) mass is 261 g/mol. The summed E-state index contributed by atoms with van der Waals surface area (Å²) in [5.74, 6) is 1.38. The molecule has 0 saturated heterocycles. The fraction of sp³-hybridized carbons (Fsp3) is 0.818. The van der Waals surface area contributed by atoms with Crippen molar-refractivity contribution in [1.82, 2.24) is 0 Å². The standard InChI is InChI=1S/C11H17BrFN/c1-2-6-5-8(7-3-4-7)11(14)9(12)10(6)13/h6-8,11H,2-5,14H2,1H3. The van der Waals surface area contributed by atoms with Gasteiger partial charge in [-0.15, -0.1) is 0 Å². The Morgan fingerprint density at radius 3 is 2.64 bits per heavy atom. The highest BCUT2D eigenvalue weighted by Crippen LogP contribution is 2.48. The Balaban J connectivity index is 2.19. The molecule has 0 radical (unpaired) electrons. The molecule has 1 fully saturated rings. The fourth-order valence-corrected chi connectivity index (χ4v) is 3.14. The zero-order chi connectivity index (χ0) is 10.3. The number of hydrogen-bond acceptors (Lipinski definition) is 1. The summed E-state index contributed by atoms with van der Waals surface area (Å²) in [6, 6.07) is -0.0923. The summed E-state index contributed by atoms with van der Waals surface area (Å²) in [4.78, 5) is 0. The average Bonchev–Trinajstić information content (AvgIpc) is 2.98. The van der Waals surface area contributed by atoms with E-state index in [1.165, 1.54) is 12.8 Å². The molecule has 0 spiro atoms. The fourth-order valence-electron chi connectivity index (χ4n) is 2.48. The van der Waals surface area contributed by atoms with Crippen molar-refractivity contribution in [2.75, 3.05) is 0 Å². The van der Waals surface area contributed by atoms with Crippen LogP contribution in [0.4, 0.5) is 4.39 Å². The molecule has 0 bridgehead atoms. The van der Waals surface area contributed by atoms with E-state index in [0.717, 1.165) is 18.8 Å². The van der Waals surface area contributed by atoms with E-state index in [1.807, 2.05) is 6.92 Å². The lowest BCUT2D eigenvalue weighted by Crippen LogP contribution is -2.37. The Labute approximate surface area is 93.1 Å². The largest absolute Gasteiger partial charge is 0.323 e. The van der Waals surface area contributed by atoms with E-state index in [1.54, 1.807) is 0 Å². The molecule has 0 heterocycles. The lowest BCUT2D eigenvalue weighted by molar-refractivity contribution is 0.273. The van der Waals surface area contributed by atoms with E-state index in [4.69, 9.17) is 5.73 Å². The molecule has 3 unspecified atom stereocenters. The second kappa shape index (κ2) is 3.93. The van der Waals surface area contributed by atoms with E-state index in [9.17, 15) is 4.39 Å². The zero-order valence-corrected chi connectivity index (χ0v) is 10.1. The first kappa shape index (κ1) is 10.6. The van der Waals surface area contributed by atoms with E-state index in [0.29, 0.717) is 10.4 Å². The Hall–Kier alpha value is 0.110. The third kappa shape index (κ3) is 1.76. The molecule has 0 aliphatic heterocycles. The van der Waals surface area contributed by atoms with Crippen LogP contribution >= 0.6 is 15.9 Å². The number of rotatable bonds is 2. The van der Waals surface area contributed by atoms with Gasteiger partial charge in [-0.05, 0) is 37.5 Å². The predicted molar refractivity (Wildman–Crippen MR) is 59.6 cm³/mol. The van der Waals surface area contributed by atoms with Crippen LogP contribution in [0.1, 0.15) is 32.6 Å². The molecule has 0 aromatic heterocycles. The number of nitrogens with two attached hydrogens (primary N) is 1. The summed E-state index contributed by atoms with van der Waals surface area (Å²) in [6.45, 7) is 2.05. The lowest BCUT2D eigenvalue weighted by Gasteiger charge is -2.33. The third-order valence-corrected chi connectivity index (χ3v) is 4.52. The number of halogens is 2. The van der Waals surface area contributed by atoms with Crippen LogP contribution in [0.5, 0.6) is 0 Å². The minimum Gasteiger partial charge on any atom is -0.323 e. The van der Waals surface area contributed by atoms with Crippen molar-refractivity contribution in [3.8, 4) is 0 Å². The quantitative estimate of drug-likeness (QED) is 0.811. The molecular formula is C11H17BrFN. The third-order valence-electron chi connectivity index (χ3n) is 3.62. The van der Waals surface area contributed by atoms with Crippen LogP contribution in [0.3, 0.4) is 0 Å². The van der Waals surface area contributed by atoms with Gasteiger partial charge in [0, 0.05) is 16.4 Å². The van der Waals surface area contributed by atoms with Gasteiger partial charge < -0.3 is 5.73 Å². The summed E-state index contributed by atoms with van der Waals surface area (Å²) >= 11 is 3.32. The molecule has 2 aliphatic carbocycles. The zero-order valence-electron chi connectivity index (χ0n) is 8.47. The van der Waals surface area contributed by atoms with E-state index in [2.05, 4.69) is 15.9 Å². The molecule has 3 atom stereocenters. The highest BCUT2D eigenvalue weighted by Gasteiger charge is 2.41. The molecule has 0 amide bonds. The van der Waals surface area contributed by atoms with Crippen molar-refractivity contribution in [1.29, 1.82) is 0 Å². The Morgan fingerprint density at radius 1 is 1.50 bits per heavy atom. The molecule has 0 aromatic carbocycles. The van der Waals surface area contributed by atoms with Gasteiger partial charge in [-0.2, -0.15) is 0 Å². The van der Waals surface area contributed by atoms with Gasteiger partial charge in [0.05, 0.1) is 0 Å². The smallest absolute Gasteiger partial charge is 0.115 e. The van der Waals surface area contributed by atoms with Gasteiger partial charge in [0.25, 0.3) is 0 Å². The summed E-state index contributed by atoms with van der Waals surface area (Å²) in [6.07, 6.45) is 4.41. The molecule has 2 aliphatic rings. The van der Waals surface area contributed by atoms with Crippen LogP contribution < -0.4 is 5.73 Å². The summed E-state index contributed by atoms with van der Waals surface area (Å²) in [5.41, 5.74) is 6.03. The van der Waals surface area contributed by atoms with Crippen LogP contribution in [0.15, 0.2) is 10.3 Å². The minimum absolute atomic E-state index is 0.00287. The second-order valence-corrected chi connectivity index (χ2v) is 5.42. The molecule has 2 rings (SSSR count). The van der Waals surface area contributed by atoms with Crippen LogP contribution in [-0.4, -0.2) is 6.04 Å². The maximum absolute atomic E-state index is 13.7. The SMILES string of the molecule is CCC1CC(C2CC2)C(N)C(Br)=C1F. The lowest BCUT2D eigenvalue weighted by atomic mass is 9.79. The van der Waals surface area contributed by atoms with Crippen LogP contribution in [-0.2, 0) is 0 Å². The minimum atomic E-state index is -0.0923. The first-order valence-corrected chi connectivity index (χ1v) is 6.25. The molecule has 1 saturated carbocycles. The topological polar surface area (TPSA) is 26.0 Å². The van der Waals surface area contributed by atoms with Crippen LogP contribution in [0.2, 0.25) is 0 Å². The van der Waals surface area contributed by atoms with Crippen molar-refractivity contribution in [3.63, 3.8) is 0 Å². The first-order chi connectivity index (χ1) is 6.65. The van der Waals surface area contributed by atoms with Crippen molar-refractivity contribution < 1.29 is 4.39 Å². The average molecular weight is 262 g/mol. The normalized spacial score (nSPS) is 39.0. The molecule has 80 valence electrons. The van der Waals surface area contributed by atoms with Gasteiger partial charge in [-0.3, -0.25) is 0 Å². The summed E-state index contributed by atoms with van der Waals surface area (Å²) in [5, 5.41) is 0.